The van der Waals surface area contributed by atoms with E-state index in [0.717, 1.165) is 23.1 Å². The van der Waals surface area contributed by atoms with E-state index in [9.17, 15) is 4.79 Å². The van der Waals surface area contributed by atoms with Crippen LogP contribution < -0.4 is 0 Å². The molecule has 15 heavy (non-hydrogen) atoms. The summed E-state index contributed by atoms with van der Waals surface area (Å²) in [6.07, 6.45) is 1.02. The lowest BCUT2D eigenvalue weighted by Crippen LogP contribution is -1.98. The highest BCUT2D eigenvalue weighted by molar-refractivity contribution is 6.19. The molecule has 2 heteroatoms. The second kappa shape index (κ2) is 3.89. The Morgan fingerprint density at radius 1 is 1.27 bits per heavy atom. The molecule has 0 N–H and O–H groups in total. The fraction of sp³-hybridized carbons (Fsp3) is 0.308. The quantitative estimate of drug-likeness (QED) is 0.689. The number of carbonyl (C=O) groups is 1. The number of cyclic esters (lactones) is 1. The highest BCUT2D eigenvalue weighted by Gasteiger charge is 2.22. The summed E-state index contributed by atoms with van der Waals surface area (Å²) in [5, 5.41) is 0. The van der Waals surface area contributed by atoms with Gasteiger partial charge < -0.3 is 4.74 Å². The van der Waals surface area contributed by atoms with Gasteiger partial charge in [-0.2, -0.15) is 0 Å². The molecule has 78 valence electrons. The van der Waals surface area contributed by atoms with Gasteiger partial charge in [-0.1, -0.05) is 31.2 Å². The summed E-state index contributed by atoms with van der Waals surface area (Å²) in [6.45, 7) is 4.49. The highest BCUT2D eigenvalue weighted by Crippen LogP contribution is 2.25. The molecule has 0 aliphatic carbocycles. The van der Waals surface area contributed by atoms with E-state index in [0.29, 0.717) is 6.61 Å². The number of hydrogen-bond donors (Lipinski definition) is 0. The Bertz CT molecular complexity index is 413. The Balaban J connectivity index is 2.37. The molecule has 1 aliphatic heterocycles. The van der Waals surface area contributed by atoms with Gasteiger partial charge in [0, 0.05) is 0 Å². The molecule has 2 nitrogen and oxygen atoms in total. The van der Waals surface area contributed by atoms with Gasteiger partial charge in [-0.15, -0.1) is 0 Å². The fourth-order valence-electron chi connectivity index (χ4n) is 1.76. The Labute approximate surface area is 89.6 Å². The summed E-state index contributed by atoms with van der Waals surface area (Å²) in [6, 6.07) is 8.09. The summed E-state index contributed by atoms with van der Waals surface area (Å²) in [7, 11) is 0. The average molecular weight is 202 g/mol. The number of benzene rings is 1. The fourth-order valence-corrected chi connectivity index (χ4v) is 1.76. The van der Waals surface area contributed by atoms with Crippen molar-refractivity contribution in [3.05, 3.63) is 41.0 Å². The van der Waals surface area contributed by atoms with Gasteiger partial charge in [0.25, 0.3) is 0 Å². The minimum atomic E-state index is -0.197. The van der Waals surface area contributed by atoms with E-state index in [1.807, 2.05) is 19.1 Å². The van der Waals surface area contributed by atoms with Crippen molar-refractivity contribution >= 4 is 11.5 Å². The van der Waals surface area contributed by atoms with Crippen molar-refractivity contribution in [2.45, 2.75) is 20.3 Å². The second-order valence-electron chi connectivity index (χ2n) is 3.78. The first-order chi connectivity index (χ1) is 7.22. The molecule has 0 aromatic heterocycles. The van der Waals surface area contributed by atoms with Crippen LogP contribution in [0.5, 0.6) is 0 Å². The van der Waals surface area contributed by atoms with Crippen LogP contribution in [-0.2, 0) is 16.0 Å². The van der Waals surface area contributed by atoms with E-state index in [2.05, 4.69) is 19.1 Å². The zero-order valence-corrected chi connectivity index (χ0v) is 9.04. The second-order valence-corrected chi connectivity index (χ2v) is 3.78. The summed E-state index contributed by atoms with van der Waals surface area (Å²) in [5.74, 6) is -0.197. The Morgan fingerprint density at radius 2 is 1.93 bits per heavy atom. The monoisotopic (exact) mass is 202 g/mol. The first kappa shape index (κ1) is 9.97. The van der Waals surface area contributed by atoms with Crippen LogP contribution in [0.2, 0.25) is 0 Å². The molecule has 0 spiro atoms. The molecule has 0 bridgehead atoms. The largest absolute Gasteiger partial charge is 0.458 e. The van der Waals surface area contributed by atoms with E-state index in [1.165, 1.54) is 5.56 Å². The molecule has 0 saturated carbocycles. The van der Waals surface area contributed by atoms with Crippen LogP contribution in [0, 0.1) is 0 Å². The topological polar surface area (TPSA) is 26.3 Å². The van der Waals surface area contributed by atoms with Gasteiger partial charge in [0.1, 0.15) is 6.61 Å². The van der Waals surface area contributed by atoms with Gasteiger partial charge in [-0.05, 0) is 30.0 Å². The standard InChI is InChI=1S/C13H14O2/c1-3-10-4-6-11(7-5-10)12-9(2)8-15-13(12)14/h4-7H,3,8H2,1-2H3. The molecule has 1 heterocycles. The third kappa shape index (κ3) is 1.80. The van der Waals surface area contributed by atoms with Crippen LogP contribution >= 0.6 is 0 Å². The minimum absolute atomic E-state index is 0.197. The number of rotatable bonds is 2. The first-order valence-corrected chi connectivity index (χ1v) is 5.18. The third-order valence-electron chi connectivity index (χ3n) is 2.70. The van der Waals surface area contributed by atoms with E-state index >= 15 is 0 Å². The summed E-state index contributed by atoms with van der Waals surface area (Å²) < 4.78 is 4.98. The van der Waals surface area contributed by atoms with Gasteiger partial charge in [0.15, 0.2) is 0 Å². The van der Waals surface area contributed by atoms with E-state index < -0.39 is 0 Å². The molecule has 1 aromatic carbocycles. The van der Waals surface area contributed by atoms with Crippen molar-refractivity contribution in [2.24, 2.45) is 0 Å². The van der Waals surface area contributed by atoms with Gasteiger partial charge >= 0.3 is 5.97 Å². The maximum absolute atomic E-state index is 11.5. The zero-order valence-electron chi connectivity index (χ0n) is 9.04. The number of ether oxygens (including phenoxy) is 1. The van der Waals surface area contributed by atoms with Gasteiger partial charge in [0.2, 0.25) is 0 Å². The number of esters is 1. The van der Waals surface area contributed by atoms with Crippen LogP contribution in [0.3, 0.4) is 0 Å². The number of carbonyl (C=O) groups excluding carboxylic acids is 1. The number of hydrogen-bond acceptors (Lipinski definition) is 2. The lowest BCUT2D eigenvalue weighted by Gasteiger charge is -2.02. The van der Waals surface area contributed by atoms with Crippen LogP contribution in [0.4, 0.5) is 0 Å². The molecule has 2 rings (SSSR count). The Morgan fingerprint density at radius 3 is 2.40 bits per heavy atom. The predicted molar refractivity (Wildman–Crippen MR) is 59.4 cm³/mol. The molecule has 0 unspecified atom stereocenters. The van der Waals surface area contributed by atoms with Crippen molar-refractivity contribution in [3.63, 3.8) is 0 Å². The molecule has 0 atom stereocenters. The van der Waals surface area contributed by atoms with Crippen LogP contribution in [0.1, 0.15) is 25.0 Å². The SMILES string of the molecule is CCc1ccc(C2=C(C)COC2=O)cc1. The lowest BCUT2D eigenvalue weighted by molar-refractivity contribution is -0.134. The molecule has 1 aliphatic rings. The van der Waals surface area contributed by atoms with Crippen molar-refractivity contribution in [1.29, 1.82) is 0 Å². The molecule has 0 fully saturated rings. The summed E-state index contributed by atoms with van der Waals surface area (Å²) in [4.78, 5) is 11.5. The van der Waals surface area contributed by atoms with Gasteiger partial charge in [0.05, 0.1) is 5.57 Å². The van der Waals surface area contributed by atoms with E-state index in [1.54, 1.807) is 0 Å². The lowest BCUT2D eigenvalue weighted by atomic mass is 10.0. The summed E-state index contributed by atoms with van der Waals surface area (Å²) >= 11 is 0. The molecular weight excluding hydrogens is 188 g/mol. The Kier molecular flexibility index (Phi) is 2.58. The van der Waals surface area contributed by atoms with Crippen LogP contribution in [0.25, 0.3) is 5.57 Å². The zero-order chi connectivity index (χ0) is 10.8. The van der Waals surface area contributed by atoms with E-state index in [4.69, 9.17) is 4.74 Å². The van der Waals surface area contributed by atoms with Crippen LogP contribution in [-0.4, -0.2) is 12.6 Å². The van der Waals surface area contributed by atoms with Crippen LogP contribution in [0.15, 0.2) is 29.8 Å². The average Bonchev–Trinajstić information content (AvgIpc) is 2.59. The molecule has 0 radical (unpaired) electrons. The van der Waals surface area contributed by atoms with Gasteiger partial charge in [-0.25, -0.2) is 4.79 Å². The van der Waals surface area contributed by atoms with Crippen molar-refractivity contribution < 1.29 is 9.53 Å². The summed E-state index contributed by atoms with van der Waals surface area (Å²) in [5.41, 5.74) is 4.00. The minimum Gasteiger partial charge on any atom is -0.458 e. The first-order valence-electron chi connectivity index (χ1n) is 5.18. The molecule has 0 amide bonds. The van der Waals surface area contributed by atoms with Crippen molar-refractivity contribution in [3.8, 4) is 0 Å². The van der Waals surface area contributed by atoms with Crippen molar-refractivity contribution in [2.75, 3.05) is 6.61 Å². The number of aryl methyl sites for hydroxylation is 1. The third-order valence-corrected chi connectivity index (χ3v) is 2.70. The predicted octanol–water partition coefficient (Wildman–Crippen LogP) is 2.58. The molecule has 0 saturated heterocycles. The smallest absolute Gasteiger partial charge is 0.339 e. The maximum atomic E-state index is 11.5. The maximum Gasteiger partial charge on any atom is 0.339 e. The van der Waals surface area contributed by atoms with Gasteiger partial charge in [-0.3, -0.25) is 0 Å². The normalized spacial score (nSPS) is 15.7. The Hall–Kier alpha value is -1.57. The molecular formula is C13H14O2. The van der Waals surface area contributed by atoms with E-state index in [-0.39, 0.29) is 5.97 Å². The highest BCUT2D eigenvalue weighted by atomic mass is 16.5. The van der Waals surface area contributed by atoms with Crippen molar-refractivity contribution in [1.82, 2.24) is 0 Å². The molecule has 1 aromatic rings.